The van der Waals surface area contributed by atoms with Gasteiger partial charge in [0.2, 0.25) is 5.91 Å². The molecule has 0 bridgehead atoms. The van der Waals surface area contributed by atoms with Crippen molar-refractivity contribution in [3.63, 3.8) is 0 Å². The molecule has 3 aliphatic rings. The molecule has 1 aromatic heterocycles. The summed E-state index contributed by atoms with van der Waals surface area (Å²) in [6, 6.07) is 9.99. The monoisotopic (exact) mass is 439 g/mol. The van der Waals surface area contributed by atoms with Crippen LogP contribution in [-0.2, 0) is 29.1 Å². The number of nitrogens with zero attached hydrogens (tertiary/aromatic N) is 2. The second-order valence-electron chi connectivity index (χ2n) is 8.59. The summed E-state index contributed by atoms with van der Waals surface area (Å²) in [7, 11) is 0. The predicted octanol–water partition coefficient (Wildman–Crippen LogP) is 2.41. The molecule has 5 rings (SSSR count). The minimum Gasteiger partial charge on any atom is -0.323 e. The van der Waals surface area contributed by atoms with E-state index in [9.17, 15) is 14.4 Å². The fourth-order valence-electron chi connectivity index (χ4n) is 4.74. The first-order valence-corrected chi connectivity index (χ1v) is 11.5. The van der Waals surface area contributed by atoms with Gasteiger partial charge in [0.15, 0.2) is 5.13 Å². The van der Waals surface area contributed by atoms with Crippen molar-refractivity contribution in [1.82, 2.24) is 20.5 Å². The number of urea groups is 1. The zero-order valence-corrected chi connectivity index (χ0v) is 18.0. The van der Waals surface area contributed by atoms with Crippen molar-refractivity contribution >= 4 is 34.3 Å². The van der Waals surface area contributed by atoms with Crippen molar-refractivity contribution in [2.24, 2.45) is 5.92 Å². The number of benzene rings is 1. The normalized spacial score (nSPS) is 25.7. The third-order valence-corrected chi connectivity index (χ3v) is 7.51. The summed E-state index contributed by atoms with van der Waals surface area (Å²) in [4.78, 5) is 44.6. The maximum absolute atomic E-state index is 12.8. The van der Waals surface area contributed by atoms with E-state index in [2.05, 4.69) is 50.1 Å². The summed E-state index contributed by atoms with van der Waals surface area (Å²) in [5.41, 5.74) is 1.54. The Kier molecular flexibility index (Phi) is 5.23. The highest BCUT2D eigenvalue weighted by Crippen LogP contribution is 2.35. The third kappa shape index (κ3) is 4.07. The van der Waals surface area contributed by atoms with Crippen molar-refractivity contribution in [3.05, 3.63) is 46.5 Å². The first kappa shape index (κ1) is 20.1. The molecule has 2 fully saturated rings. The SMILES string of the molecule is O=C1NC(=O)C2(CCC(C(=O)Nc3nc4c(s3)CN(Cc3ccccc3)CC4)CC2)N1. The van der Waals surface area contributed by atoms with Gasteiger partial charge in [-0.2, -0.15) is 0 Å². The highest BCUT2D eigenvalue weighted by atomic mass is 32.1. The van der Waals surface area contributed by atoms with Crippen LogP contribution in [0, 0.1) is 5.92 Å². The summed E-state index contributed by atoms with van der Waals surface area (Å²) in [6.45, 7) is 2.71. The molecule has 1 aromatic carbocycles. The number of nitrogens with one attached hydrogen (secondary N) is 3. The van der Waals surface area contributed by atoms with Crippen molar-refractivity contribution in [1.29, 1.82) is 0 Å². The molecule has 0 unspecified atom stereocenters. The van der Waals surface area contributed by atoms with Crippen LogP contribution in [0.3, 0.4) is 0 Å². The molecule has 4 amide bonds. The van der Waals surface area contributed by atoms with Crippen molar-refractivity contribution in [3.8, 4) is 0 Å². The second-order valence-corrected chi connectivity index (χ2v) is 9.67. The number of hydrogen-bond acceptors (Lipinski definition) is 6. The van der Waals surface area contributed by atoms with Crippen LogP contribution in [0.4, 0.5) is 9.93 Å². The molecule has 1 saturated carbocycles. The van der Waals surface area contributed by atoms with E-state index in [1.54, 1.807) is 11.3 Å². The Labute approximate surface area is 184 Å². The molecule has 0 radical (unpaired) electrons. The van der Waals surface area contributed by atoms with Gasteiger partial charge in [0, 0.05) is 36.9 Å². The molecule has 3 N–H and O–H groups in total. The van der Waals surface area contributed by atoms with Gasteiger partial charge in [0.25, 0.3) is 5.91 Å². The molecule has 9 heteroatoms. The van der Waals surface area contributed by atoms with Gasteiger partial charge < -0.3 is 10.6 Å². The van der Waals surface area contributed by atoms with E-state index in [4.69, 9.17) is 0 Å². The van der Waals surface area contributed by atoms with Gasteiger partial charge in [-0.05, 0) is 31.2 Å². The second kappa shape index (κ2) is 8.05. The molecule has 2 aliphatic heterocycles. The van der Waals surface area contributed by atoms with Crippen LogP contribution in [0.2, 0.25) is 0 Å². The first-order chi connectivity index (χ1) is 15.0. The lowest BCUT2D eigenvalue weighted by atomic mass is 9.76. The molecular weight excluding hydrogens is 414 g/mol. The maximum atomic E-state index is 12.8. The summed E-state index contributed by atoms with van der Waals surface area (Å²) < 4.78 is 0. The van der Waals surface area contributed by atoms with Gasteiger partial charge >= 0.3 is 6.03 Å². The maximum Gasteiger partial charge on any atom is 0.322 e. The molecule has 1 aliphatic carbocycles. The minimum atomic E-state index is -0.837. The molecule has 3 heterocycles. The topological polar surface area (TPSA) is 103 Å². The van der Waals surface area contributed by atoms with Crippen LogP contribution in [0.15, 0.2) is 30.3 Å². The zero-order chi connectivity index (χ0) is 21.4. The molecule has 1 spiro atoms. The quantitative estimate of drug-likeness (QED) is 0.635. The predicted molar refractivity (Wildman–Crippen MR) is 116 cm³/mol. The number of aromatic nitrogens is 1. The van der Waals surface area contributed by atoms with Crippen LogP contribution >= 0.6 is 11.3 Å². The van der Waals surface area contributed by atoms with Crippen molar-refractivity contribution in [2.45, 2.75) is 50.7 Å². The Morgan fingerprint density at radius 3 is 2.71 bits per heavy atom. The molecule has 1 saturated heterocycles. The number of carbonyl (C=O) groups is 3. The number of anilines is 1. The standard InChI is InChI=1S/C22H25N5O3S/c28-18(15-6-9-22(10-7-15)19(29)25-20(30)26-22)24-21-23-16-8-11-27(13-17(16)31-21)12-14-4-2-1-3-5-14/h1-5,15H,6-13H2,(H,23,24,28)(H2,25,26,29,30). The third-order valence-electron chi connectivity index (χ3n) is 6.51. The fourth-order valence-corrected chi connectivity index (χ4v) is 5.79. The van der Waals surface area contributed by atoms with Crippen molar-refractivity contribution < 1.29 is 14.4 Å². The first-order valence-electron chi connectivity index (χ1n) is 10.7. The van der Waals surface area contributed by atoms with Gasteiger partial charge in [0.1, 0.15) is 5.54 Å². The number of imide groups is 1. The van der Waals surface area contributed by atoms with E-state index in [0.29, 0.717) is 30.8 Å². The van der Waals surface area contributed by atoms with Gasteiger partial charge in [-0.3, -0.25) is 19.8 Å². The smallest absolute Gasteiger partial charge is 0.322 e. The lowest BCUT2D eigenvalue weighted by Gasteiger charge is -2.33. The average molecular weight is 440 g/mol. The van der Waals surface area contributed by atoms with Crippen LogP contribution in [0.25, 0.3) is 0 Å². The number of fused-ring (bicyclic) bond motifs is 1. The van der Waals surface area contributed by atoms with E-state index in [0.717, 1.165) is 31.7 Å². The summed E-state index contributed by atoms with van der Waals surface area (Å²) >= 11 is 1.56. The molecule has 162 valence electrons. The van der Waals surface area contributed by atoms with Gasteiger partial charge in [-0.1, -0.05) is 30.3 Å². The van der Waals surface area contributed by atoms with Gasteiger partial charge in [-0.25, -0.2) is 9.78 Å². The number of rotatable bonds is 4. The summed E-state index contributed by atoms with van der Waals surface area (Å²) in [5, 5.41) is 8.69. The number of hydrogen-bond donors (Lipinski definition) is 3. The van der Waals surface area contributed by atoms with E-state index in [-0.39, 0.29) is 17.7 Å². The Balaban J connectivity index is 1.17. The Morgan fingerprint density at radius 1 is 1.23 bits per heavy atom. The number of amides is 4. The Hall–Kier alpha value is -2.78. The van der Waals surface area contributed by atoms with Crippen molar-refractivity contribution in [2.75, 3.05) is 11.9 Å². The molecule has 8 nitrogen and oxygen atoms in total. The number of thiazole rings is 1. The van der Waals surface area contributed by atoms with E-state index < -0.39 is 11.6 Å². The Morgan fingerprint density at radius 2 is 2.00 bits per heavy atom. The molecule has 31 heavy (non-hydrogen) atoms. The molecular formula is C22H25N5O3S. The van der Waals surface area contributed by atoms with Crippen LogP contribution < -0.4 is 16.0 Å². The number of carbonyl (C=O) groups excluding carboxylic acids is 3. The zero-order valence-electron chi connectivity index (χ0n) is 17.1. The fraction of sp³-hybridized carbons (Fsp3) is 0.455. The lowest BCUT2D eigenvalue weighted by molar-refractivity contribution is -0.128. The highest BCUT2D eigenvalue weighted by Gasteiger charge is 2.48. The largest absolute Gasteiger partial charge is 0.323 e. The van der Waals surface area contributed by atoms with Gasteiger partial charge in [0.05, 0.1) is 5.69 Å². The molecule has 2 aromatic rings. The average Bonchev–Trinajstić information content (AvgIpc) is 3.28. The summed E-state index contributed by atoms with van der Waals surface area (Å²) in [6.07, 6.45) is 2.97. The van der Waals surface area contributed by atoms with E-state index in [1.807, 2.05) is 6.07 Å². The minimum absolute atomic E-state index is 0.0492. The highest BCUT2D eigenvalue weighted by molar-refractivity contribution is 7.15. The van der Waals surface area contributed by atoms with E-state index >= 15 is 0 Å². The van der Waals surface area contributed by atoms with Crippen LogP contribution in [-0.4, -0.2) is 39.8 Å². The Bertz CT molecular complexity index is 1010. The van der Waals surface area contributed by atoms with Crippen LogP contribution in [0.1, 0.15) is 41.8 Å². The summed E-state index contributed by atoms with van der Waals surface area (Å²) in [5.74, 6) is -0.498. The van der Waals surface area contributed by atoms with Gasteiger partial charge in [-0.15, -0.1) is 11.3 Å². The molecule has 0 atom stereocenters. The lowest BCUT2D eigenvalue weighted by Crippen LogP contribution is -2.50. The van der Waals surface area contributed by atoms with E-state index in [1.165, 1.54) is 10.4 Å². The van der Waals surface area contributed by atoms with Crippen LogP contribution in [0.5, 0.6) is 0 Å².